The molecule has 3 aromatic rings. The summed E-state index contributed by atoms with van der Waals surface area (Å²) in [5, 5.41) is 14.1. The lowest BCUT2D eigenvalue weighted by molar-refractivity contribution is -0.156. The zero-order valence-corrected chi connectivity index (χ0v) is 12.9. The average molecular weight is 347 g/mol. The number of hydrogen-bond acceptors (Lipinski definition) is 4. The molecule has 0 amide bonds. The molecule has 0 fully saturated rings. The number of H-pyrrole nitrogens is 1. The number of nitrogens with one attached hydrogen (secondary N) is 1. The first-order chi connectivity index (χ1) is 11.9. The SMILES string of the molecule is Cc1nn(-c2ccnc3[nH]ccc23)cc1/C=C/C#N.O=CC(F)(F)F. The van der Waals surface area contributed by atoms with Crippen molar-refractivity contribution in [3.8, 4) is 11.8 Å². The molecule has 25 heavy (non-hydrogen) atoms. The van der Waals surface area contributed by atoms with Crippen molar-refractivity contribution in [3.63, 3.8) is 0 Å². The summed E-state index contributed by atoms with van der Waals surface area (Å²) < 4.78 is 33.1. The number of fused-ring (bicyclic) bond motifs is 1. The van der Waals surface area contributed by atoms with Crippen molar-refractivity contribution in [2.75, 3.05) is 0 Å². The first-order valence-corrected chi connectivity index (χ1v) is 6.93. The van der Waals surface area contributed by atoms with Gasteiger partial charge in [0.2, 0.25) is 6.29 Å². The van der Waals surface area contributed by atoms with Crippen LogP contribution in [-0.2, 0) is 4.79 Å². The predicted molar refractivity (Wildman–Crippen MR) is 84.7 cm³/mol. The lowest BCUT2D eigenvalue weighted by Crippen LogP contribution is -2.07. The maximum Gasteiger partial charge on any atom is 0.446 e. The van der Waals surface area contributed by atoms with E-state index in [4.69, 9.17) is 10.1 Å². The first kappa shape index (κ1) is 17.9. The number of aldehydes is 1. The fraction of sp³-hybridized carbons (Fsp3) is 0.125. The van der Waals surface area contributed by atoms with Crippen LogP contribution >= 0.6 is 0 Å². The number of allylic oxidation sites excluding steroid dienone is 1. The first-order valence-electron chi connectivity index (χ1n) is 6.93. The molecule has 3 heterocycles. The number of nitrogens with zero attached hydrogens (tertiary/aromatic N) is 4. The molecule has 9 heteroatoms. The predicted octanol–water partition coefficient (Wildman–Crippen LogP) is 3.34. The Hall–Kier alpha value is -3.41. The minimum atomic E-state index is -4.64. The maximum atomic E-state index is 10.4. The quantitative estimate of drug-likeness (QED) is 0.569. The largest absolute Gasteiger partial charge is 0.446 e. The third kappa shape index (κ3) is 4.54. The minimum absolute atomic E-state index is 0.833. The second-order valence-electron chi connectivity index (χ2n) is 4.81. The topological polar surface area (TPSA) is 87.4 Å². The normalized spacial score (nSPS) is 11.2. The zero-order valence-electron chi connectivity index (χ0n) is 12.9. The number of halogens is 3. The number of pyridine rings is 1. The number of nitriles is 1. The summed E-state index contributed by atoms with van der Waals surface area (Å²) >= 11 is 0. The van der Waals surface area contributed by atoms with Crippen LogP contribution < -0.4 is 0 Å². The number of rotatable bonds is 2. The van der Waals surface area contributed by atoms with Gasteiger partial charge in [-0.1, -0.05) is 0 Å². The van der Waals surface area contributed by atoms with Crippen LogP contribution in [0.5, 0.6) is 0 Å². The molecule has 3 rings (SSSR count). The molecule has 0 spiro atoms. The number of alkyl halides is 3. The fourth-order valence-electron chi connectivity index (χ4n) is 2.03. The van der Waals surface area contributed by atoms with E-state index in [0.717, 1.165) is 28.0 Å². The number of hydrogen-bond donors (Lipinski definition) is 1. The molecule has 6 nitrogen and oxygen atoms in total. The van der Waals surface area contributed by atoms with Gasteiger partial charge in [0.25, 0.3) is 0 Å². The van der Waals surface area contributed by atoms with E-state index in [1.54, 1.807) is 12.3 Å². The Morgan fingerprint density at radius 3 is 2.72 bits per heavy atom. The van der Waals surface area contributed by atoms with Crippen molar-refractivity contribution in [2.24, 2.45) is 0 Å². The third-order valence-corrected chi connectivity index (χ3v) is 3.09. The van der Waals surface area contributed by atoms with Gasteiger partial charge in [-0.2, -0.15) is 23.5 Å². The van der Waals surface area contributed by atoms with E-state index in [2.05, 4.69) is 15.1 Å². The van der Waals surface area contributed by atoms with E-state index in [-0.39, 0.29) is 0 Å². The van der Waals surface area contributed by atoms with Crippen LogP contribution in [-0.4, -0.2) is 32.2 Å². The van der Waals surface area contributed by atoms with Gasteiger partial charge in [-0.3, -0.25) is 4.79 Å². The Balaban J connectivity index is 0.000000326. The highest BCUT2D eigenvalue weighted by Crippen LogP contribution is 2.20. The van der Waals surface area contributed by atoms with Crippen molar-refractivity contribution in [2.45, 2.75) is 13.1 Å². The van der Waals surface area contributed by atoms with Gasteiger partial charge in [-0.15, -0.1) is 0 Å². The molecule has 0 aliphatic heterocycles. The lowest BCUT2D eigenvalue weighted by Gasteiger charge is -2.01. The average Bonchev–Trinajstić information content (AvgIpc) is 3.19. The highest BCUT2D eigenvalue weighted by molar-refractivity contribution is 5.84. The molecule has 0 radical (unpaired) electrons. The second-order valence-corrected chi connectivity index (χ2v) is 4.81. The molecule has 0 bridgehead atoms. The summed E-state index contributed by atoms with van der Waals surface area (Å²) in [5.74, 6) is 0. The van der Waals surface area contributed by atoms with E-state index in [0.29, 0.717) is 0 Å². The van der Waals surface area contributed by atoms with Crippen molar-refractivity contribution < 1.29 is 18.0 Å². The van der Waals surface area contributed by atoms with E-state index >= 15 is 0 Å². The number of carbonyl (C=O) groups is 1. The smallest absolute Gasteiger partial charge is 0.346 e. The summed E-state index contributed by atoms with van der Waals surface area (Å²) in [7, 11) is 0. The molecule has 3 aromatic heterocycles. The van der Waals surface area contributed by atoms with Crippen LogP contribution in [0.1, 0.15) is 11.3 Å². The van der Waals surface area contributed by atoms with Crippen molar-refractivity contribution in [3.05, 3.63) is 48.1 Å². The van der Waals surface area contributed by atoms with E-state index in [1.807, 2.05) is 42.2 Å². The van der Waals surface area contributed by atoms with E-state index in [1.165, 1.54) is 6.08 Å². The molecule has 0 aliphatic rings. The lowest BCUT2D eigenvalue weighted by atomic mass is 10.2. The molecule has 0 aliphatic carbocycles. The standard InChI is InChI=1S/C14H11N5.C2HF3O/c1-10-11(3-2-6-15)9-19(18-10)13-5-8-17-14-12(13)4-7-16-14;3-2(4,5)1-6/h2-5,7-9H,1H3,(H,16,17);1H/b3-2+;. The number of aromatic nitrogens is 4. The van der Waals surface area contributed by atoms with Crippen LogP contribution in [0.15, 0.2) is 36.8 Å². The van der Waals surface area contributed by atoms with E-state index < -0.39 is 12.5 Å². The Kier molecular flexibility index (Phi) is 5.34. The van der Waals surface area contributed by atoms with Gasteiger partial charge in [0.1, 0.15) is 5.65 Å². The highest BCUT2D eigenvalue weighted by Gasteiger charge is 2.24. The third-order valence-electron chi connectivity index (χ3n) is 3.09. The van der Waals surface area contributed by atoms with Gasteiger partial charge in [-0.05, 0) is 25.1 Å². The van der Waals surface area contributed by atoms with Gasteiger partial charge >= 0.3 is 6.18 Å². The molecule has 0 aromatic carbocycles. The number of aromatic amines is 1. The highest BCUT2D eigenvalue weighted by atomic mass is 19.4. The van der Waals surface area contributed by atoms with Crippen molar-refractivity contribution in [1.29, 1.82) is 5.26 Å². The molecule has 128 valence electrons. The van der Waals surface area contributed by atoms with Gasteiger partial charge < -0.3 is 4.98 Å². The summed E-state index contributed by atoms with van der Waals surface area (Å²) in [6, 6.07) is 5.87. The molecule has 0 saturated heterocycles. The Labute approximate surface area is 140 Å². The van der Waals surface area contributed by atoms with Gasteiger partial charge in [0.15, 0.2) is 0 Å². The molecule has 0 atom stereocenters. The minimum Gasteiger partial charge on any atom is -0.346 e. The molecule has 1 N–H and O–H groups in total. The van der Waals surface area contributed by atoms with Gasteiger partial charge in [-0.25, -0.2) is 9.67 Å². The van der Waals surface area contributed by atoms with Crippen molar-refractivity contribution >= 4 is 23.4 Å². The Morgan fingerprint density at radius 2 is 2.08 bits per heavy atom. The van der Waals surface area contributed by atoms with Crippen LogP contribution in [0, 0.1) is 18.3 Å². The molecular formula is C16H12F3N5O. The monoisotopic (exact) mass is 347 g/mol. The van der Waals surface area contributed by atoms with Crippen LogP contribution in [0.25, 0.3) is 22.8 Å². The van der Waals surface area contributed by atoms with Crippen LogP contribution in [0.2, 0.25) is 0 Å². The Morgan fingerprint density at radius 1 is 1.36 bits per heavy atom. The Bertz CT molecular complexity index is 947. The fourth-order valence-corrected chi connectivity index (χ4v) is 2.03. The molecule has 0 saturated carbocycles. The number of carbonyl (C=O) groups excluding carboxylic acids is 1. The summed E-state index contributed by atoms with van der Waals surface area (Å²) in [6.07, 6.45) is 3.02. The zero-order chi connectivity index (χ0) is 18.4. The van der Waals surface area contributed by atoms with Crippen LogP contribution in [0.3, 0.4) is 0 Å². The molecular weight excluding hydrogens is 335 g/mol. The summed E-state index contributed by atoms with van der Waals surface area (Å²) in [4.78, 5) is 16.0. The second kappa shape index (κ2) is 7.44. The van der Waals surface area contributed by atoms with E-state index in [9.17, 15) is 13.2 Å². The summed E-state index contributed by atoms with van der Waals surface area (Å²) in [5.41, 5.74) is 3.61. The van der Waals surface area contributed by atoms with Crippen molar-refractivity contribution in [1.82, 2.24) is 19.7 Å². The summed E-state index contributed by atoms with van der Waals surface area (Å²) in [6.45, 7) is 1.92. The maximum absolute atomic E-state index is 10.4. The van der Waals surface area contributed by atoms with Crippen LogP contribution in [0.4, 0.5) is 13.2 Å². The molecule has 0 unspecified atom stereocenters. The number of aryl methyl sites for hydroxylation is 1. The van der Waals surface area contributed by atoms with Gasteiger partial charge in [0.05, 0.1) is 17.5 Å². The van der Waals surface area contributed by atoms with Gasteiger partial charge in [0, 0.05) is 35.6 Å².